The Kier molecular flexibility index (Phi) is 6.53. The molecule has 3 heterocycles. The fraction of sp³-hybridized carbons (Fsp3) is 0.423. The molecular weight excluding hydrogens is 368 g/mol. The van der Waals surface area contributed by atoms with Gasteiger partial charge in [-0.2, -0.15) is 0 Å². The van der Waals surface area contributed by atoms with Gasteiger partial charge in [-0.1, -0.05) is 44.5 Å². The summed E-state index contributed by atoms with van der Waals surface area (Å²) in [4.78, 5) is 16.7. The van der Waals surface area contributed by atoms with E-state index in [1.807, 2.05) is 30.7 Å². The highest BCUT2D eigenvalue weighted by Crippen LogP contribution is 2.35. The van der Waals surface area contributed by atoms with Gasteiger partial charge in [-0.25, -0.2) is 9.97 Å². The minimum Gasteiger partial charge on any atom is -0.302 e. The van der Waals surface area contributed by atoms with Crippen molar-refractivity contribution in [2.45, 2.75) is 46.0 Å². The van der Waals surface area contributed by atoms with E-state index in [2.05, 4.69) is 54.9 Å². The smallest absolute Gasteiger partial charge is 0.159 e. The number of nitrogens with zero attached hydrogens (tertiary/aromatic N) is 4. The quantitative estimate of drug-likeness (QED) is 0.529. The monoisotopic (exact) mass is 400 g/mol. The number of pyridine rings is 1. The van der Waals surface area contributed by atoms with Crippen LogP contribution in [-0.2, 0) is 0 Å². The van der Waals surface area contributed by atoms with Crippen molar-refractivity contribution >= 4 is 0 Å². The van der Waals surface area contributed by atoms with Crippen molar-refractivity contribution in [3.05, 3.63) is 66.2 Å². The van der Waals surface area contributed by atoms with E-state index in [4.69, 9.17) is 9.97 Å². The number of aromatic nitrogens is 3. The maximum atomic E-state index is 5.15. The summed E-state index contributed by atoms with van der Waals surface area (Å²) in [6, 6.07) is 12.6. The zero-order valence-corrected chi connectivity index (χ0v) is 18.4. The first kappa shape index (κ1) is 20.7. The highest BCUT2D eigenvalue weighted by molar-refractivity contribution is 5.70. The van der Waals surface area contributed by atoms with Gasteiger partial charge in [0.1, 0.15) is 0 Å². The van der Waals surface area contributed by atoms with Crippen molar-refractivity contribution in [3.8, 4) is 22.5 Å². The summed E-state index contributed by atoms with van der Waals surface area (Å²) in [5, 5.41) is 0. The highest BCUT2D eigenvalue weighted by Gasteiger charge is 2.26. The number of likely N-dealkylation sites (tertiary alicyclic amines) is 1. The van der Waals surface area contributed by atoms with Crippen molar-refractivity contribution in [1.82, 2.24) is 19.9 Å². The molecule has 2 aromatic heterocycles. The predicted molar refractivity (Wildman–Crippen MR) is 123 cm³/mol. The first-order chi connectivity index (χ1) is 14.7. The minimum atomic E-state index is 0.431. The van der Waals surface area contributed by atoms with Crippen molar-refractivity contribution in [3.63, 3.8) is 0 Å². The molecule has 4 heteroatoms. The summed E-state index contributed by atoms with van der Waals surface area (Å²) in [5.41, 5.74) is 5.91. The molecular formula is C26H32N4. The number of benzene rings is 1. The van der Waals surface area contributed by atoms with Crippen LogP contribution in [-0.4, -0.2) is 39.5 Å². The van der Waals surface area contributed by atoms with E-state index in [1.165, 1.54) is 54.7 Å². The van der Waals surface area contributed by atoms with Gasteiger partial charge < -0.3 is 4.90 Å². The number of hydrogen-bond acceptors (Lipinski definition) is 4. The molecule has 4 rings (SSSR count). The van der Waals surface area contributed by atoms with Crippen LogP contribution >= 0.6 is 0 Å². The Morgan fingerprint density at radius 1 is 1.10 bits per heavy atom. The van der Waals surface area contributed by atoms with Crippen LogP contribution in [0.4, 0.5) is 0 Å². The van der Waals surface area contributed by atoms with Gasteiger partial charge in [0.15, 0.2) is 5.82 Å². The summed E-state index contributed by atoms with van der Waals surface area (Å²) in [5.74, 6) is 1.96. The van der Waals surface area contributed by atoms with E-state index in [9.17, 15) is 0 Å². The third-order valence-corrected chi connectivity index (χ3v) is 6.35. The van der Waals surface area contributed by atoms with Gasteiger partial charge in [-0.3, -0.25) is 4.98 Å². The molecule has 30 heavy (non-hydrogen) atoms. The van der Waals surface area contributed by atoms with E-state index in [0.29, 0.717) is 5.92 Å². The molecule has 1 fully saturated rings. The minimum absolute atomic E-state index is 0.431. The Balaban J connectivity index is 1.74. The lowest BCUT2D eigenvalue weighted by Gasteiger charge is -2.34. The number of piperidine rings is 1. The second-order valence-corrected chi connectivity index (χ2v) is 8.66. The SMILES string of the molecule is CC[C@@H](C)CN1CCC[C@@H](c2nc(-c3ccncc3)ncc2-c2ccccc2C)C1. The summed E-state index contributed by atoms with van der Waals surface area (Å²) >= 11 is 0. The summed E-state index contributed by atoms with van der Waals surface area (Å²) in [6.45, 7) is 10.3. The standard InChI is InChI=1S/C26H32N4/c1-4-19(2)17-30-15-7-9-22(18-30)25-24(23-10-6-5-8-20(23)3)16-28-26(29-25)21-11-13-27-14-12-21/h5-6,8,10-14,16,19,22H,4,7,9,15,17-18H2,1-3H3/t19-,22-/m1/s1. The molecule has 0 amide bonds. The number of rotatable bonds is 6. The van der Waals surface area contributed by atoms with Crippen LogP contribution in [0.2, 0.25) is 0 Å². The van der Waals surface area contributed by atoms with Crippen LogP contribution in [0.15, 0.2) is 55.0 Å². The molecule has 156 valence electrons. The molecule has 0 radical (unpaired) electrons. The van der Waals surface area contributed by atoms with Crippen molar-refractivity contribution in [2.75, 3.05) is 19.6 Å². The molecule has 1 aliphatic heterocycles. The van der Waals surface area contributed by atoms with Gasteiger partial charge in [-0.05, 0) is 55.5 Å². The fourth-order valence-electron chi connectivity index (χ4n) is 4.44. The van der Waals surface area contributed by atoms with Crippen LogP contribution in [0, 0.1) is 12.8 Å². The zero-order chi connectivity index (χ0) is 20.9. The van der Waals surface area contributed by atoms with Crippen LogP contribution in [0.5, 0.6) is 0 Å². The van der Waals surface area contributed by atoms with Crippen LogP contribution in [0.3, 0.4) is 0 Å². The molecule has 0 bridgehead atoms. The lowest BCUT2D eigenvalue weighted by molar-refractivity contribution is 0.180. The van der Waals surface area contributed by atoms with Crippen LogP contribution in [0.1, 0.15) is 50.3 Å². The average Bonchev–Trinajstić information content (AvgIpc) is 2.80. The lowest BCUT2D eigenvalue weighted by atomic mass is 9.88. The van der Waals surface area contributed by atoms with Gasteiger partial charge >= 0.3 is 0 Å². The second kappa shape index (κ2) is 9.48. The molecule has 0 unspecified atom stereocenters. The fourth-order valence-corrected chi connectivity index (χ4v) is 4.44. The molecule has 4 nitrogen and oxygen atoms in total. The molecule has 1 saturated heterocycles. The summed E-state index contributed by atoms with van der Waals surface area (Å²) in [6.07, 6.45) is 9.29. The summed E-state index contributed by atoms with van der Waals surface area (Å²) in [7, 11) is 0. The first-order valence-corrected chi connectivity index (χ1v) is 11.2. The number of hydrogen-bond donors (Lipinski definition) is 0. The average molecular weight is 401 g/mol. The van der Waals surface area contributed by atoms with E-state index >= 15 is 0 Å². The molecule has 1 aliphatic rings. The molecule has 0 saturated carbocycles. The van der Waals surface area contributed by atoms with Crippen LogP contribution in [0.25, 0.3) is 22.5 Å². The Bertz CT molecular complexity index is 970. The van der Waals surface area contributed by atoms with Gasteiger partial charge in [0, 0.05) is 48.7 Å². The third kappa shape index (κ3) is 4.59. The van der Waals surface area contributed by atoms with Crippen molar-refractivity contribution < 1.29 is 0 Å². The van der Waals surface area contributed by atoms with Crippen molar-refractivity contribution in [2.24, 2.45) is 5.92 Å². The van der Waals surface area contributed by atoms with E-state index in [0.717, 1.165) is 23.9 Å². The topological polar surface area (TPSA) is 41.9 Å². The van der Waals surface area contributed by atoms with E-state index < -0.39 is 0 Å². The molecule has 3 aromatic rings. The Morgan fingerprint density at radius 3 is 2.67 bits per heavy atom. The molecule has 1 aromatic carbocycles. The Labute approximate surface area is 180 Å². The van der Waals surface area contributed by atoms with Crippen molar-refractivity contribution in [1.29, 1.82) is 0 Å². The normalized spacial score (nSPS) is 18.3. The van der Waals surface area contributed by atoms with Gasteiger partial charge in [0.05, 0.1) is 5.69 Å². The largest absolute Gasteiger partial charge is 0.302 e. The maximum absolute atomic E-state index is 5.15. The van der Waals surface area contributed by atoms with Gasteiger partial charge in [0.2, 0.25) is 0 Å². The van der Waals surface area contributed by atoms with Gasteiger partial charge in [-0.15, -0.1) is 0 Å². The predicted octanol–water partition coefficient (Wildman–Crippen LogP) is 5.74. The highest BCUT2D eigenvalue weighted by atomic mass is 15.1. The Hall–Kier alpha value is -2.59. The lowest BCUT2D eigenvalue weighted by Crippen LogP contribution is -2.37. The van der Waals surface area contributed by atoms with E-state index in [-0.39, 0.29) is 0 Å². The third-order valence-electron chi connectivity index (χ3n) is 6.35. The second-order valence-electron chi connectivity index (χ2n) is 8.66. The van der Waals surface area contributed by atoms with E-state index in [1.54, 1.807) is 0 Å². The summed E-state index contributed by atoms with van der Waals surface area (Å²) < 4.78 is 0. The molecule has 0 N–H and O–H groups in total. The number of aryl methyl sites for hydroxylation is 1. The molecule has 0 aliphatic carbocycles. The maximum Gasteiger partial charge on any atom is 0.159 e. The Morgan fingerprint density at radius 2 is 1.90 bits per heavy atom. The zero-order valence-electron chi connectivity index (χ0n) is 18.4. The molecule has 0 spiro atoms. The first-order valence-electron chi connectivity index (χ1n) is 11.2. The van der Waals surface area contributed by atoms with Gasteiger partial charge in [0.25, 0.3) is 0 Å². The molecule has 2 atom stereocenters. The van der Waals surface area contributed by atoms with Crippen LogP contribution < -0.4 is 0 Å².